The van der Waals surface area contributed by atoms with E-state index in [1.807, 2.05) is 36.9 Å². The van der Waals surface area contributed by atoms with E-state index >= 15 is 0 Å². The Balaban J connectivity index is 2.94. The van der Waals surface area contributed by atoms with Crippen molar-refractivity contribution in [1.29, 1.82) is 0 Å². The molecule has 96 valence electrons. The largest absolute Gasteiger partial charge is 0.481 e. The summed E-state index contributed by atoms with van der Waals surface area (Å²) in [6.45, 7) is 6.60. The van der Waals surface area contributed by atoms with Crippen LogP contribution in [-0.4, -0.2) is 24.2 Å². The molecule has 0 aromatic heterocycles. The van der Waals surface area contributed by atoms with Crippen LogP contribution in [0.2, 0.25) is 0 Å². The predicted octanol–water partition coefficient (Wildman–Crippen LogP) is 2.46. The summed E-state index contributed by atoms with van der Waals surface area (Å²) in [5.41, 5.74) is 3.37. The van der Waals surface area contributed by atoms with Crippen LogP contribution >= 0.6 is 0 Å². The maximum Gasteiger partial charge on any atom is 0.308 e. The van der Waals surface area contributed by atoms with E-state index in [4.69, 9.17) is 11.5 Å². The number of hydrogen-bond acceptors (Lipinski definition) is 2. The third kappa shape index (κ3) is 3.53. The first kappa shape index (κ1) is 14.1. The van der Waals surface area contributed by atoms with Gasteiger partial charge in [-0.2, -0.15) is 0 Å². The van der Waals surface area contributed by atoms with Crippen LogP contribution in [0.3, 0.4) is 0 Å². The molecule has 0 saturated heterocycles. The van der Waals surface area contributed by atoms with Crippen molar-refractivity contribution in [3.63, 3.8) is 0 Å². The molecule has 0 heterocycles. The number of nitrogens with zero attached hydrogens (tertiary/aromatic N) is 1. The van der Waals surface area contributed by atoms with E-state index in [1.54, 1.807) is 6.92 Å². The molecule has 0 amide bonds. The van der Waals surface area contributed by atoms with Gasteiger partial charge in [0.25, 0.3) is 0 Å². The summed E-state index contributed by atoms with van der Waals surface area (Å²) in [6, 6.07) is 6.05. The molecule has 0 fully saturated rings. The summed E-state index contributed by atoms with van der Waals surface area (Å²) in [6.07, 6.45) is 5.35. The lowest BCUT2D eigenvalue weighted by molar-refractivity contribution is -0.140. The molecule has 3 nitrogen and oxygen atoms in total. The SMILES string of the molecule is C#CCN(CC(C)C(=O)O)c1ccc(C)c(C)c1. The third-order valence-corrected chi connectivity index (χ3v) is 3.05. The summed E-state index contributed by atoms with van der Waals surface area (Å²) in [5, 5.41) is 8.97. The molecule has 0 spiro atoms. The normalized spacial score (nSPS) is 11.7. The number of aryl methyl sites for hydroxylation is 2. The van der Waals surface area contributed by atoms with E-state index in [2.05, 4.69) is 5.92 Å². The van der Waals surface area contributed by atoms with Gasteiger partial charge in [-0.15, -0.1) is 6.42 Å². The maximum atomic E-state index is 10.9. The topological polar surface area (TPSA) is 40.5 Å². The molecule has 1 aromatic rings. The smallest absolute Gasteiger partial charge is 0.308 e. The Morgan fingerprint density at radius 2 is 2.11 bits per heavy atom. The van der Waals surface area contributed by atoms with Crippen molar-refractivity contribution in [2.75, 3.05) is 18.0 Å². The van der Waals surface area contributed by atoms with Gasteiger partial charge >= 0.3 is 5.97 Å². The number of carboxylic acids is 1. The van der Waals surface area contributed by atoms with E-state index in [9.17, 15) is 4.79 Å². The number of benzene rings is 1. The average molecular weight is 245 g/mol. The monoisotopic (exact) mass is 245 g/mol. The Morgan fingerprint density at radius 3 is 2.61 bits per heavy atom. The standard InChI is InChI=1S/C15H19NO2/c1-5-8-16(10-13(4)15(17)18)14-7-6-11(2)12(3)9-14/h1,6-7,9,13H,8,10H2,2-4H3,(H,17,18). The molecule has 0 saturated carbocycles. The number of hydrogen-bond donors (Lipinski definition) is 1. The molecular weight excluding hydrogens is 226 g/mol. The summed E-state index contributed by atoms with van der Waals surface area (Å²) in [7, 11) is 0. The average Bonchev–Trinajstić information content (AvgIpc) is 2.32. The van der Waals surface area contributed by atoms with Crippen molar-refractivity contribution in [2.24, 2.45) is 5.92 Å². The lowest BCUT2D eigenvalue weighted by atomic mass is 10.1. The Morgan fingerprint density at radius 1 is 1.44 bits per heavy atom. The molecule has 0 aliphatic heterocycles. The number of anilines is 1. The van der Waals surface area contributed by atoms with Gasteiger partial charge in [-0.05, 0) is 37.1 Å². The van der Waals surface area contributed by atoms with E-state index in [0.717, 1.165) is 5.69 Å². The maximum absolute atomic E-state index is 10.9. The zero-order valence-electron chi connectivity index (χ0n) is 11.1. The molecule has 1 rings (SSSR count). The van der Waals surface area contributed by atoms with Crippen molar-refractivity contribution < 1.29 is 9.90 Å². The zero-order chi connectivity index (χ0) is 13.7. The van der Waals surface area contributed by atoms with Crippen LogP contribution in [0.1, 0.15) is 18.1 Å². The highest BCUT2D eigenvalue weighted by atomic mass is 16.4. The molecule has 0 aliphatic rings. The van der Waals surface area contributed by atoms with E-state index in [-0.39, 0.29) is 0 Å². The molecule has 0 radical (unpaired) electrons. The minimum Gasteiger partial charge on any atom is -0.481 e. The molecule has 0 bridgehead atoms. The molecule has 0 aliphatic carbocycles. The molecule has 3 heteroatoms. The van der Waals surface area contributed by atoms with E-state index in [0.29, 0.717) is 13.1 Å². The van der Waals surface area contributed by atoms with E-state index in [1.165, 1.54) is 11.1 Å². The van der Waals surface area contributed by atoms with Crippen LogP contribution in [0.25, 0.3) is 0 Å². The first-order chi connectivity index (χ1) is 8.45. The van der Waals surface area contributed by atoms with Gasteiger partial charge < -0.3 is 10.0 Å². The third-order valence-electron chi connectivity index (χ3n) is 3.05. The Hall–Kier alpha value is -1.95. The van der Waals surface area contributed by atoms with Gasteiger partial charge in [0, 0.05) is 12.2 Å². The second-order valence-electron chi connectivity index (χ2n) is 4.59. The minimum absolute atomic E-state index is 0.417. The van der Waals surface area contributed by atoms with Crippen LogP contribution in [0.5, 0.6) is 0 Å². The van der Waals surface area contributed by atoms with Crippen LogP contribution in [-0.2, 0) is 4.79 Å². The molecule has 1 atom stereocenters. The Labute approximate surface area is 108 Å². The summed E-state index contributed by atoms with van der Waals surface area (Å²) in [4.78, 5) is 12.8. The fourth-order valence-electron chi connectivity index (χ4n) is 1.70. The number of terminal acetylenes is 1. The minimum atomic E-state index is -0.805. The summed E-state index contributed by atoms with van der Waals surface area (Å²) in [5.74, 6) is 1.33. The van der Waals surface area contributed by atoms with Gasteiger partial charge in [-0.3, -0.25) is 4.79 Å². The van der Waals surface area contributed by atoms with Crippen LogP contribution in [0, 0.1) is 32.1 Å². The van der Waals surface area contributed by atoms with Gasteiger partial charge in [0.1, 0.15) is 0 Å². The summed E-state index contributed by atoms with van der Waals surface area (Å²) < 4.78 is 0. The second kappa shape index (κ2) is 6.11. The van der Waals surface area contributed by atoms with Crippen molar-refractivity contribution >= 4 is 11.7 Å². The van der Waals surface area contributed by atoms with Crippen molar-refractivity contribution in [2.45, 2.75) is 20.8 Å². The van der Waals surface area contributed by atoms with Gasteiger partial charge in [0.15, 0.2) is 0 Å². The van der Waals surface area contributed by atoms with E-state index < -0.39 is 11.9 Å². The highest BCUT2D eigenvalue weighted by Crippen LogP contribution is 2.19. The molecule has 1 aromatic carbocycles. The van der Waals surface area contributed by atoms with Crippen LogP contribution in [0.15, 0.2) is 18.2 Å². The first-order valence-electron chi connectivity index (χ1n) is 5.94. The Bertz CT molecular complexity index is 474. The number of carboxylic acid groups (broad SMARTS) is 1. The fourth-order valence-corrected chi connectivity index (χ4v) is 1.70. The number of aliphatic carboxylic acids is 1. The van der Waals surface area contributed by atoms with Crippen LogP contribution < -0.4 is 4.90 Å². The summed E-state index contributed by atoms with van der Waals surface area (Å²) >= 11 is 0. The molecule has 1 unspecified atom stereocenters. The number of rotatable bonds is 5. The quantitative estimate of drug-likeness (QED) is 0.810. The lowest BCUT2D eigenvalue weighted by Gasteiger charge is -2.25. The van der Waals surface area contributed by atoms with Crippen molar-refractivity contribution in [1.82, 2.24) is 0 Å². The highest BCUT2D eigenvalue weighted by molar-refractivity contribution is 5.70. The fraction of sp³-hybridized carbons (Fsp3) is 0.400. The first-order valence-corrected chi connectivity index (χ1v) is 5.94. The van der Waals surface area contributed by atoms with Gasteiger partial charge in [-0.25, -0.2) is 0 Å². The van der Waals surface area contributed by atoms with Crippen molar-refractivity contribution in [3.05, 3.63) is 29.3 Å². The number of carbonyl (C=O) groups is 1. The van der Waals surface area contributed by atoms with Gasteiger partial charge in [0.05, 0.1) is 12.5 Å². The highest BCUT2D eigenvalue weighted by Gasteiger charge is 2.16. The van der Waals surface area contributed by atoms with Crippen LogP contribution in [0.4, 0.5) is 5.69 Å². The molecule has 18 heavy (non-hydrogen) atoms. The second-order valence-corrected chi connectivity index (χ2v) is 4.59. The van der Waals surface area contributed by atoms with Gasteiger partial charge in [-0.1, -0.05) is 18.9 Å². The van der Waals surface area contributed by atoms with Crippen molar-refractivity contribution in [3.8, 4) is 12.3 Å². The zero-order valence-corrected chi connectivity index (χ0v) is 11.1. The predicted molar refractivity (Wildman–Crippen MR) is 73.8 cm³/mol. The molecule has 1 N–H and O–H groups in total. The Kier molecular flexibility index (Phi) is 4.79. The van der Waals surface area contributed by atoms with Gasteiger partial charge in [0.2, 0.25) is 0 Å². The lowest BCUT2D eigenvalue weighted by Crippen LogP contribution is -2.32. The molecular formula is C15H19NO2.